The van der Waals surface area contributed by atoms with E-state index >= 15 is 0 Å². The fourth-order valence-electron chi connectivity index (χ4n) is 2.96. The van der Waals surface area contributed by atoms with Gasteiger partial charge in [0.15, 0.2) is 0 Å². The second-order valence-electron chi connectivity index (χ2n) is 5.95. The number of hydrogen-bond acceptors (Lipinski definition) is 6. The minimum Gasteiger partial charge on any atom is -0.378 e. The zero-order chi connectivity index (χ0) is 17.9. The van der Waals surface area contributed by atoms with Crippen LogP contribution in [0.5, 0.6) is 0 Å². The van der Waals surface area contributed by atoms with Crippen molar-refractivity contribution in [3.05, 3.63) is 52.8 Å². The second kappa shape index (κ2) is 7.27. The molecule has 3 aromatic rings. The minimum absolute atomic E-state index is 0.276. The van der Waals surface area contributed by atoms with Gasteiger partial charge in [-0.25, -0.2) is 10.4 Å². The predicted octanol–water partition coefficient (Wildman–Crippen LogP) is 2.30. The molecule has 3 aromatic heterocycles. The monoisotopic (exact) mass is 369 g/mol. The van der Waals surface area contributed by atoms with Crippen molar-refractivity contribution in [2.24, 2.45) is 5.10 Å². The maximum absolute atomic E-state index is 12.5. The van der Waals surface area contributed by atoms with Crippen molar-refractivity contribution < 1.29 is 9.53 Å². The van der Waals surface area contributed by atoms with E-state index in [9.17, 15) is 4.79 Å². The van der Waals surface area contributed by atoms with Crippen LogP contribution in [0.1, 0.15) is 21.1 Å². The summed E-state index contributed by atoms with van der Waals surface area (Å²) >= 11 is 1.65. The van der Waals surface area contributed by atoms with Crippen LogP contribution in [0.25, 0.3) is 5.65 Å². The smallest absolute Gasteiger partial charge is 0.290 e. The number of hydrazone groups is 1. The first-order valence-electron chi connectivity index (χ1n) is 8.42. The highest BCUT2D eigenvalue weighted by Crippen LogP contribution is 2.25. The molecule has 4 rings (SSSR count). The number of amides is 1. The van der Waals surface area contributed by atoms with Crippen molar-refractivity contribution in [2.45, 2.75) is 6.92 Å². The van der Waals surface area contributed by atoms with Crippen molar-refractivity contribution >= 4 is 34.1 Å². The van der Waals surface area contributed by atoms with E-state index in [1.54, 1.807) is 22.0 Å². The lowest BCUT2D eigenvalue weighted by Crippen LogP contribution is -2.35. The van der Waals surface area contributed by atoms with Gasteiger partial charge >= 0.3 is 0 Å². The number of carbonyl (C=O) groups is 1. The molecule has 1 fully saturated rings. The summed E-state index contributed by atoms with van der Waals surface area (Å²) in [4.78, 5) is 20.2. The Bertz CT molecular complexity index is 956. The van der Waals surface area contributed by atoms with E-state index in [1.807, 2.05) is 37.4 Å². The fraction of sp³-hybridized carbons (Fsp3) is 0.278. The van der Waals surface area contributed by atoms with Gasteiger partial charge in [-0.1, -0.05) is 6.07 Å². The number of rotatable bonds is 4. The van der Waals surface area contributed by atoms with Gasteiger partial charge in [-0.3, -0.25) is 9.20 Å². The largest absolute Gasteiger partial charge is 0.378 e. The normalized spacial score (nSPS) is 15.0. The fourth-order valence-corrected chi connectivity index (χ4v) is 3.89. The summed E-state index contributed by atoms with van der Waals surface area (Å²) in [6.45, 7) is 5.15. The van der Waals surface area contributed by atoms with Gasteiger partial charge in [0.1, 0.15) is 11.3 Å². The molecule has 0 unspecified atom stereocenters. The molecule has 1 aliphatic heterocycles. The molecule has 0 atom stereocenters. The summed E-state index contributed by atoms with van der Waals surface area (Å²) in [5, 5.41) is 5.30. The number of aryl methyl sites for hydroxylation is 1. The number of carbonyl (C=O) groups excluding carboxylic acids is 1. The average molecular weight is 369 g/mol. The van der Waals surface area contributed by atoms with E-state index < -0.39 is 0 Å². The maximum atomic E-state index is 12.5. The highest BCUT2D eigenvalue weighted by Gasteiger charge is 2.16. The van der Waals surface area contributed by atoms with E-state index in [4.69, 9.17) is 4.74 Å². The van der Waals surface area contributed by atoms with Gasteiger partial charge in [-0.05, 0) is 31.2 Å². The summed E-state index contributed by atoms with van der Waals surface area (Å²) in [5.74, 6) is -0.276. The van der Waals surface area contributed by atoms with E-state index in [1.165, 1.54) is 5.00 Å². The van der Waals surface area contributed by atoms with Crippen molar-refractivity contribution in [3.63, 3.8) is 0 Å². The summed E-state index contributed by atoms with van der Waals surface area (Å²) in [6, 6.07) is 9.71. The van der Waals surface area contributed by atoms with Crippen LogP contribution in [0.15, 0.2) is 41.6 Å². The van der Waals surface area contributed by atoms with Crippen molar-refractivity contribution in [3.8, 4) is 0 Å². The third-order valence-electron chi connectivity index (χ3n) is 4.21. The third-order valence-corrected chi connectivity index (χ3v) is 5.29. The summed E-state index contributed by atoms with van der Waals surface area (Å²) in [6.07, 6.45) is 3.49. The Kier molecular flexibility index (Phi) is 4.68. The van der Waals surface area contributed by atoms with Gasteiger partial charge in [0.25, 0.3) is 5.91 Å². The van der Waals surface area contributed by atoms with Crippen LogP contribution in [0.4, 0.5) is 5.00 Å². The van der Waals surface area contributed by atoms with Crippen LogP contribution in [0, 0.1) is 6.92 Å². The van der Waals surface area contributed by atoms with Gasteiger partial charge in [-0.15, -0.1) is 11.3 Å². The number of hydrogen-bond donors (Lipinski definition) is 1. The van der Waals surface area contributed by atoms with Crippen LogP contribution in [0.3, 0.4) is 0 Å². The standard InChI is InChI=1S/C18H19N5O2S/c1-13-17(23-7-3-2-4-15(23)20-13)18(24)21-19-12-14-5-6-16(26-14)22-8-10-25-11-9-22/h2-7,12H,8-11H2,1H3,(H,21,24). The number of imidazole rings is 1. The molecule has 7 nitrogen and oxygen atoms in total. The maximum Gasteiger partial charge on any atom is 0.290 e. The number of morpholine rings is 1. The van der Waals surface area contributed by atoms with Crippen LogP contribution in [-0.4, -0.2) is 47.8 Å². The molecule has 0 aliphatic carbocycles. The minimum atomic E-state index is -0.276. The molecule has 1 saturated heterocycles. The summed E-state index contributed by atoms with van der Waals surface area (Å²) < 4.78 is 7.14. The van der Waals surface area contributed by atoms with Gasteiger partial charge < -0.3 is 9.64 Å². The lowest BCUT2D eigenvalue weighted by Gasteiger charge is -2.27. The number of fused-ring (bicyclic) bond motifs is 1. The van der Waals surface area contributed by atoms with Gasteiger partial charge in [0.2, 0.25) is 0 Å². The van der Waals surface area contributed by atoms with Crippen LogP contribution in [0.2, 0.25) is 0 Å². The number of pyridine rings is 1. The highest BCUT2D eigenvalue weighted by molar-refractivity contribution is 7.17. The van der Waals surface area contributed by atoms with Crippen molar-refractivity contribution in [1.29, 1.82) is 0 Å². The Morgan fingerprint density at radius 3 is 3.00 bits per heavy atom. The molecule has 1 aliphatic rings. The summed E-state index contributed by atoms with van der Waals surface area (Å²) in [7, 11) is 0. The highest BCUT2D eigenvalue weighted by atomic mass is 32.1. The molecule has 0 aromatic carbocycles. The Morgan fingerprint density at radius 2 is 2.15 bits per heavy atom. The van der Waals surface area contributed by atoms with Gasteiger partial charge in [-0.2, -0.15) is 5.10 Å². The molecule has 0 bridgehead atoms. The topological polar surface area (TPSA) is 71.2 Å². The number of nitrogens with zero attached hydrogens (tertiary/aromatic N) is 4. The van der Waals surface area contributed by atoms with Gasteiger partial charge in [0.05, 0.1) is 30.1 Å². The van der Waals surface area contributed by atoms with Crippen LogP contribution >= 0.6 is 11.3 Å². The molecule has 26 heavy (non-hydrogen) atoms. The third kappa shape index (κ3) is 3.33. The SMILES string of the molecule is Cc1nc2ccccn2c1C(=O)NN=Cc1ccc(N2CCOCC2)s1. The van der Waals surface area contributed by atoms with E-state index in [0.717, 1.165) is 36.8 Å². The Balaban J connectivity index is 1.44. The Morgan fingerprint density at radius 1 is 1.31 bits per heavy atom. The number of aromatic nitrogens is 2. The molecule has 0 saturated carbocycles. The molecule has 1 amide bonds. The molecule has 1 N–H and O–H groups in total. The molecule has 8 heteroatoms. The van der Waals surface area contributed by atoms with Crippen molar-refractivity contribution in [1.82, 2.24) is 14.8 Å². The van der Waals surface area contributed by atoms with E-state index in [2.05, 4.69) is 26.5 Å². The quantitative estimate of drug-likeness (QED) is 0.566. The Labute approximate surface area is 154 Å². The number of nitrogens with one attached hydrogen (secondary N) is 1. The summed E-state index contributed by atoms with van der Waals surface area (Å²) in [5.41, 5.74) is 4.51. The molecule has 0 spiro atoms. The van der Waals surface area contributed by atoms with Crippen LogP contribution < -0.4 is 10.3 Å². The average Bonchev–Trinajstić information content (AvgIpc) is 3.26. The first kappa shape index (κ1) is 16.7. The lowest BCUT2D eigenvalue weighted by molar-refractivity contribution is 0.0948. The zero-order valence-electron chi connectivity index (χ0n) is 14.4. The molecule has 4 heterocycles. The number of ether oxygens (including phenoxy) is 1. The Hall–Kier alpha value is -2.71. The first-order valence-corrected chi connectivity index (χ1v) is 9.23. The van der Waals surface area contributed by atoms with Gasteiger partial charge in [0, 0.05) is 24.2 Å². The predicted molar refractivity (Wildman–Crippen MR) is 102 cm³/mol. The first-order chi connectivity index (χ1) is 12.7. The van der Waals surface area contributed by atoms with E-state index in [0.29, 0.717) is 11.4 Å². The number of anilines is 1. The second-order valence-corrected chi connectivity index (χ2v) is 7.04. The van der Waals surface area contributed by atoms with E-state index in [-0.39, 0.29) is 5.91 Å². The lowest BCUT2D eigenvalue weighted by atomic mass is 10.3. The van der Waals surface area contributed by atoms with Crippen LogP contribution in [-0.2, 0) is 4.74 Å². The molecule has 134 valence electrons. The zero-order valence-corrected chi connectivity index (χ0v) is 15.2. The van der Waals surface area contributed by atoms with Crippen molar-refractivity contribution in [2.75, 3.05) is 31.2 Å². The molecule has 0 radical (unpaired) electrons. The number of thiophene rings is 1. The molecular formula is C18H19N5O2S. The molecular weight excluding hydrogens is 350 g/mol.